The number of carbonyl (C=O) groups excluding carboxylic acids is 1. The van der Waals surface area contributed by atoms with Gasteiger partial charge in [-0.15, -0.1) is 0 Å². The molecular formula is C9H21N3O2. The van der Waals surface area contributed by atoms with E-state index < -0.39 is 6.03 Å². The van der Waals surface area contributed by atoms with Gasteiger partial charge in [0, 0.05) is 19.6 Å². The standard InChI is InChI=1S/C9H21N3O2/c1-9(2,3)14-7-6-11-4-5-12-8(10)13/h11H,4-7H2,1-3H3,(H3,10,12,13). The van der Waals surface area contributed by atoms with Gasteiger partial charge in [0.2, 0.25) is 0 Å². The minimum atomic E-state index is -0.488. The summed E-state index contributed by atoms with van der Waals surface area (Å²) in [6.45, 7) is 8.74. The topological polar surface area (TPSA) is 76.4 Å². The van der Waals surface area contributed by atoms with E-state index >= 15 is 0 Å². The van der Waals surface area contributed by atoms with Crippen molar-refractivity contribution in [2.24, 2.45) is 5.73 Å². The van der Waals surface area contributed by atoms with E-state index in [1.54, 1.807) is 0 Å². The second-order valence-electron chi connectivity index (χ2n) is 4.00. The second-order valence-corrected chi connectivity index (χ2v) is 4.00. The van der Waals surface area contributed by atoms with Crippen LogP contribution < -0.4 is 16.4 Å². The summed E-state index contributed by atoms with van der Waals surface area (Å²) >= 11 is 0. The number of ether oxygens (including phenoxy) is 1. The van der Waals surface area contributed by atoms with Crippen molar-refractivity contribution in [3.8, 4) is 0 Å². The highest BCUT2D eigenvalue weighted by atomic mass is 16.5. The van der Waals surface area contributed by atoms with E-state index in [2.05, 4.69) is 10.6 Å². The Morgan fingerprint density at radius 3 is 2.43 bits per heavy atom. The van der Waals surface area contributed by atoms with Crippen LogP contribution >= 0.6 is 0 Å². The summed E-state index contributed by atoms with van der Waals surface area (Å²) < 4.78 is 5.48. The molecule has 84 valence electrons. The number of urea groups is 1. The lowest BCUT2D eigenvalue weighted by atomic mass is 10.2. The van der Waals surface area contributed by atoms with Crippen molar-refractivity contribution in [2.45, 2.75) is 26.4 Å². The summed E-state index contributed by atoms with van der Waals surface area (Å²) in [6, 6.07) is -0.488. The summed E-state index contributed by atoms with van der Waals surface area (Å²) in [5.41, 5.74) is 4.80. The van der Waals surface area contributed by atoms with E-state index in [0.29, 0.717) is 19.7 Å². The van der Waals surface area contributed by atoms with E-state index in [1.807, 2.05) is 20.8 Å². The van der Waals surface area contributed by atoms with Gasteiger partial charge >= 0.3 is 6.03 Å². The monoisotopic (exact) mass is 203 g/mol. The number of carbonyl (C=O) groups is 1. The van der Waals surface area contributed by atoms with Crippen LogP contribution in [0.2, 0.25) is 0 Å². The van der Waals surface area contributed by atoms with Crippen LogP contribution in [0.15, 0.2) is 0 Å². The van der Waals surface area contributed by atoms with E-state index in [-0.39, 0.29) is 5.60 Å². The molecule has 0 heterocycles. The lowest BCUT2D eigenvalue weighted by molar-refractivity contribution is -0.000685. The second kappa shape index (κ2) is 6.62. The highest BCUT2D eigenvalue weighted by Gasteiger charge is 2.08. The molecule has 0 aliphatic rings. The van der Waals surface area contributed by atoms with Crippen molar-refractivity contribution in [1.82, 2.24) is 10.6 Å². The largest absolute Gasteiger partial charge is 0.375 e. The SMILES string of the molecule is CC(C)(C)OCCNCCNC(N)=O. The Balaban J connectivity index is 3.11. The first kappa shape index (κ1) is 13.2. The Kier molecular flexibility index (Phi) is 6.23. The molecule has 14 heavy (non-hydrogen) atoms. The number of rotatable bonds is 6. The molecule has 0 unspecified atom stereocenters. The summed E-state index contributed by atoms with van der Waals surface area (Å²) in [6.07, 6.45) is 0. The highest BCUT2D eigenvalue weighted by Crippen LogP contribution is 2.04. The minimum Gasteiger partial charge on any atom is -0.375 e. The van der Waals surface area contributed by atoms with Gasteiger partial charge in [-0.05, 0) is 20.8 Å². The quantitative estimate of drug-likeness (QED) is 0.534. The number of nitrogens with one attached hydrogen (secondary N) is 2. The molecule has 2 amide bonds. The van der Waals surface area contributed by atoms with Gasteiger partial charge in [0.15, 0.2) is 0 Å². The van der Waals surface area contributed by atoms with Crippen molar-refractivity contribution in [3.63, 3.8) is 0 Å². The van der Waals surface area contributed by atoms with E-state index in [4.69, 9.17) is 10.5 Å². The van der Waals surface area contributed by atoms with Crippen LogP contribution in [0, 0.1) is 0 Å². The predicted molar refractivity (Wildman–Crippen MR) is 56.2 cm³/mol. The third-order valence-electron chi connectivity index (χ3n) is 1.41. The first-order chi connectivity index (χ1) is 6.42. The fourth-order valence-corrected chi connectivity index (χ4v) is 0.828. The molecule has 0 aliphatic heterocycles. The van der Waals surface area contributed by atoms with E-state index in [0.717, 1.165) is 6.54 Å². The zero-order valence-electron chi connectivity index (χ0n) is 9.22. The smallest absolute Gasteiger partial charge is 0.312 e. The average molecular weight is 203 g/mol. The number of nitrogens with two attached hydrogens (primary N) is 1. The molecule has 0 aromatic rings. The first-order valence-corrected chi connectivity index (χ1v) is 4.80. The van der Waals surface area contributed by atoms with E-state index in [9.17, 15) is 4.79 Å². The molecule has 4 N–H and O–H groups in total. The zero-order valence-corrected chi connectivity index (χ0v) is 9.22. The maximum atomic E-state index is 10.3. The molecule has 5 nitrogen and oxygen atoms in total. The van der Waals surface area contributed by atoms with Gasteiger partial charge in [-0.2, -0.15) is 0 Å². The Morgan fingerprint density at radius 2 is 1.93 bits per heavy atom. The molecule has 0 aromatic heterocycles. The Morgan fingerprint density at radius 1 is 1.29 bits per heavy atom. The van der Waals surface area contributed by atoms with Gasteiger partial charge in [-0.25, -0.2) is 4.79 Å². The lowest BCUT2D eigenvalue weighted by Gasteiger charge is -2.19. The van der Waals surface area contributed by atoms with Crippen molar-refractivity contribution >= 4 is 6.03 Å². The lowest BCUT2D eigenvalue weighted by Crippen LogP contribution is -2.36. The Labute approximate surface area is 85.4 Å². The van der Waals surface area contributed by atoms with Gasteiger partial charge in [0.25, 0.3) is 0 Å². The van der Waals surface area contributed by atoms with Gasteiger partial charge in [0.1, 0.15) is 0 Å². The Bertz CT molecular complexity index is 166. The Hall–Kier alpha value is -0.810. The van der Waals surface area contributed by atoms with Crippen LogP contribution in [0.3, 0.4) is 0 Å². The molecular weight excluding hydrogens is 182 g/mol. The maximum Gasteiger partial charge on any atom is 0.312 e. The number of amides is 2. The van der Waals surface area contributed by atoms with Crippen LogP contribution in [0.4, 0.5) is 4.79 Å². The predicted octanol–water partition coefficient (Wildman–Crippen LogP) is 0.0594. The minimum absolute atomic E-state index is 0.0901. The van der Waals surface area contributed by atoms with Crippen LogP contribution in [0.1, 0.15) is 20.8 Å². The molecule has 0 rings (SSSR count). The molecule has 0 saturated heterocycles. The number of hydrogen-bond donors (Lipinski definition) is 3. The van der Waals surface area contributed by atoms with Crippen LogP contribution in [0.5, 0.6) is 0 Å². The zero-order chi connectivity index (χ0) is 11.0. The normalized spacial score (nSPS) is 11.4. The van der Waals surface area contributed by atoms with Crippen molar-refractivity contribution in [3.05, 3.63) is 0 Å². The van der Waals surface area contributed by atoms with Gasteiger partial charge in [-0.1, -0.05) is 0 Å². The molecule has 0 spiro atoms. The third kappa shape index (κ3) is 11.2. The molecule has 0 saturated carbocycles. The fourth-order valence-electron chi connectivity index (χ4n) is 0.828. The third-order valence-corrected chi connectivity index (χ3v) is 1.41. The molecule has 0 aromatic carbocycles. The number of primary amides is 1. The maximum absolute atomic E-state index is 10.3. The molecule has 0 atom stereocenters. The molecule has 0 radical (unpaired) electrons. The van der Waals surface area contributed by atoms with Gasteiger partial charge in [0.05, 0.1) is 12.2 Å². The summed E-state index contributed by atoms with van der Waals surface area (Å²) in [4.78, 5) is 10.3. The van der Waals surface area contributed by atoms with E-state index in [1.165, 1.54) is 0 Å². The summed E-state index contributed by atoms with van der Waals surface area (Å²) in [5, 5.41) is 5.61. The van der Waals surface area contributed by atoms with Crippen LogP contribution in [-0.4, -0.2) is 37.9 Å². The number of hydrogen-bond acceptors (Lipinski definition) is 3. The first-order valence-electron chi connectivity index (χ1n) is 4.80. The fraction of sp³-hybridized carbons (Fsp3) is 0.889. The van der Waals surface area contributed by atoms with Crippen molar-refractivity contribution in [1.29, 1.82) is 0 Å². The van der Waals surface area contributed by atoms with Crippen molar-refractivity contribution < 1.29 is 9.53 Å². The molecule has 0 bridgehead atoms. The molecule has 0 aliphatic carbocycles. The average Bonchev–Trinajstić information content (AvgIpc) is 2.00. The molecule has 5 heteroatoms. The highest BCUT2D eigenvalue weighted by molar-refractivity contribution is 5.71. The van der Waals surface area contributed by atoms with Gasteiger partial charge < -0.3 is 21.1 Å². The van der Waals surface area contributed by atoms with Crippen LogP contribution in [0.25, 0.3) is 0 Å². The summed E-state index contributed by atoms with van der Waals surface area (Å²) in [5.74, 6) is 0. The molecule has 0 fully saturated rings. The van der Waals surface area contributed by atoms with Crippen LogP contribution in [-0.2, 0) is 4.74 Å². The summed E-state index contributed by atoms with van der Waals surface area (Å²) in [7, 11) is 0. The van der Waals surface area contributed by atoms with Crippen molar-refractivity contribution in [2.75, 3.05) is 26.2 Å². The van der Waals surface area contributed by atoms with Gasteiger partial charge in [-0.3, -0.25) is 0 Å².